The standard InChI is InChI=1S/C17H20N6S/c1-10-6-7-12-13(8-10)24-17(22-12)23-16-14(18)15(19-9-20-16)21-11-4-2-3-5-11/h6-9,11H,2-5,18H2,1H3,(H2,19,20,21,22,23). The molecular formula is C17H20N6S. The first-order valence-corrected chi connectivity index (χ1v) is 9.02. The summed E-state index contributed by atoms with van der Waals surface area (Å²) in [4.78, 5) is 13.2. The molecule has 1 saturated carbocycles. The van der Waals surface area contributed by atoms with Crippen molar-refractivity contribution in [3.8, 4) is 0 Å². The maximum Gasteiger partial charge on any atom is 0.189 e. The zero-order valence-electron chi connectivity index (χ0n) is 13.5. The van der Waals surface area contributed by atoms with Gasteiger partial charge in [-0.3, -0.25) is 0 Å². The van der Waals surface area contributed by atoms with E-state index in [1.807, 2.05) is 6.07 Å². The number of hydrogen-bond acceptors (Lipinski definition) is 7. The van der Waals surface area contributed by atoms with Crippen molar-refractivity contribution in [2.75, 3.05) is 16.4 Å². The van der Waals surface area contributed by atoms with Gasteiger partial charge in [-0.25, -0.2) is 15.0 Å². The molecule has 0 radical (unpaired) electrons. The summed E-state index contributed by atoms with van der Waals surface area (Å²) in [6.45, 7) is 2.08. The Kier molecular flexibility index (Phi) is 3.93. The largest absolute Gasteiger partial charge is 0.393 e. The van der Waals surface area contributed by atoms with Gasteiger partial charge in [0.05, 0.1) is 10.2 Å². The number of aryl methyl sites for hydroxylation is 1. The number of anilines is 4. The average Bonchev–Trinajstić information content (AvgIpc) is 3.20. The molecule has 3 aromatic rings. The van der Waals surface area contributed by atoms with Crippen molar-refractivity contribution in [2.24, 2.45) is 0 Å². The number of rotatable bonds is 4. The summed E-state index contributed by atoms with van der Waals surface area (Å²) in [5.41, 5.74) is 9.00. The van der Waals surface area contributed by atoms with Gasteiger partial charge in [0.25, 0.3) is 0 Å². The predicted molar refractivity (Wildman–Crippen MR) is 100.0 cm³/mol. The van der Waals surface area contributed by atoms with E-state index in [-0.39, 0.29) is 0 Å². The van der Waals surface area contributed by atoms with Crippen LogP contribution in [0.3, 0.4) is 0 Å². The van der Waals surface area contributed by atoms with Gasteiger partial charge in [-0.15, -0.1) is 0 Å². The van der Waals surface area contributed by atoms with Gasteiger partial charge in [0.1, 0.15) is 12.0 Å². The molecule has 1 aromatic carbocycles. The van der Waals surface area contributed by atoms with Gasteiger partial charge in [0.15, 0.2) is 16.8 Å². The summed E-state index contributed by atoms with van der Waals surface area (Å²) in [6, 6.07) is 6.69. The van der Waals surface area contributed by atoms with Crippen LogP contribution in [0.1, 0.15) is 31.2 Å². The zero-order valence-corrected chi connectivity index (χ0v) is 14.4. The predicted octanol–water partition coefficient (Wildman–Crippen LogP) is 4.08. The van der Waals surface area contributed by atoms with Crippen LogP contribution < -0.4 is 16.4 Å². The second-order valence-corrected chi connectivity index (χ2v) is 7.26. The topological polar surface area (TPSA) is 88.8 Å². The van der Waals surface area contributed by atoms with Crippen LogP contribution in [0, 0.1) is 6.92 Å². The fraction of sp³-hybridized carbons (Fsp3) is 0.353. The van der Waals surface area contributed by atoms with Crippen LogP contribution in [0.4, 0.5) is 22.5 Å². The van der Waals surface area contributed by atoms with E-state index in [4.69, 9.17) is 5.73 Å². The Balaban J connectivity index is 1.58. The summed E-state index contributed by atoms with van der Waals surface area (Å²) < 4.78 is 1.15. The summed E-state index contributed by atoms with van der Waals surface area (Å²) >= 11 is 1.60. The lowest BCUT2D eigenvalue weighted by Gasteiger charge is -2.15. The zero-order chi connectivity index (χ0) is 16.5. The molecule has 6 nitrogen and oxygen atoms in total. The highest BCUT2D eigenvalue weighted by Gasteiger charge is 2.18. The molecule has 0 saturated heterocycles. The first kappa shape index (κ1) is 15.1. The van der Waals surface area contributed by atoms with E-state index in [1.54, 1.807) is 11.3 Å². The third kappa shape index (κ3) is 2.99. The number of benzene rings is 1. The van der Waals surface area contributed by atoms with Crippen molar-refractivity contribution >= 4 is 44.0 Å². The molecule has 1 fully saturated rings. The summed E-state index contributed by atoms with van der Waals surface area (Å²) in [6.07, 6.45) is 6.40. The monoisotopic (exact) mass is 340 g/mol. The SMILES string of the molecule is Cc1ccc2nc(Nc3ncnc(NC4CCCC4)c3N)sc2c1. The van der Waals surface area contributed by atoms with Crippen LogP contribution in [0.25, 0.3) is 10.2 Å². The van der Waals surface area contributed by atoms with Crippen LogP contribution in [0.5, 0.6) is 0 Å². The summed E-state index contributed by atoms with van der Waals surface area (Å²) in [5.74, 6) is 1.30. The van der Waals surface area contributed by atoms with Gasteiger partial charge in [-0.1, -0.05) is 30.2 Å². The first-order chi connectivity index (χ1) is 11.7. The molecule has 7 heteroatoms. The molecule has 0 amide bonds. The number of nitrogens with zero attached hydrogens (tertiary/aromatic N) is 3. The molecular weight excluding hydrogens is 320 g/mol. The van der Waals surface area contributed by atoms with Crippen LogP contribution in [0.2, 0.25) is 0 Å². The van der Waals surface area contributed by atoms with E-state index in [2.05, 4.69) is 44.6 Å². The summed E-state index contributed by atoms with van der Waals surface area (Å²) in [7, 11) is 0. The highest BCUT2D eigenvalue weighted by atomic mass is 32.1. The third-order valence-corrected chi connectivity index (χ3v) is 5.28. The third-order valence-electron chi connectivity index (χ3n) is 4.35. The second-order valence-electron chi connectivity index (χ2n) is 6.23. The fourth-order valence-corrected chi connectivity index (χ4v) is 4.02. The normalized spacial score (nSPS) is 15.0. The van der Waals surface area contributed by atoms with Crippen LogP contribution >= 0.6 is 11.3 Å². The van der Waals surface area contributed by atoms with Gasteiger partial charge in [-0.2, -0.15) is 0 Å². The number of thiazole rings is 1. The van der Waals surface area contributed by atoms with Gasteiger partial charge in [0.2, 0.25) is 0 Å². The smallest absolute Gasteiger partial charge is 0.189 e. The van der Waals surface area contributed by atoms with E-state index in [9.17, 15) is 0 Å². The van der Waals surface area contributed by atoms with Crippen molar-refractivity contribution in [1.82, 2.24) is 15.0 Å². The number of nitrogens with two attached hydrogens (primary N) is 1. The Morgan fingerprint density at radius 3 is 2.79 bits per heavy atom. The Labute approximate surface area is 144 Å². The molecule has 0 atom stereocenters. The molecule has 2 heterocycles. The minimum Gasteiger partial charge on any atom is -0.393 e. The van der Waals surface area contributed by atoms with Crippen molar-refractivity contribution in [3.63, 3.8) is 0 Å². The molecule has 1 aliphatic rings. The number of fused-ring (bicyclic) bond motifs is 1. The van der Waals surface area contributed by atoms with Crippen molar-refractivity contribution in [1.29, 1.82) is 0 Å². The molecule has 0 bridgehead atoms. The van der Waals surface area contributed by atoms with E-state index < -0.39 is 0 Å². The van der Waals surface area contributed by atoms with Gasteiger partial charge in [-0.05, 0) is 37.5 Å². The minimum absolute atomic E-state index is 0.459. The fourth-order valence-electron chi connectivity index (χ4n) is 3.06. The van der Waals surface area contributed by atoms with E-state index in [0.29, 0.717) is 23.4 Å². The number of aromatic nitrogens is 3. The Bertz CT molecular complexity index is 869. The highest BCUT2D eigenvalue weighted by molar-refractivity contribution is 7.22. The molecule has 124 valence electrons. The van der Waals surface area contributed by atoms with Crippen molar-refractivity contribution < 1.29 is 0 Å². The van der Waals surface area contributed by atoms with E-state index in [1.165, 1.54) is 37.6 Å². The van der Waals surface area contributed by atoms with Crippen LogP contribution in [0.15, 0.2) is 24.5 Å². The first-order valence-electron chi connectivity index (χ1n) is 8.20. The number of nitrogens with one attached hydrogen (secondary N) is 2. The molecule has 1 aliphatic carbocycles. The van der Waals surface area contributed by atoms with Crippen molar-refractivity contribution in [3.05, 3.63) is 30.1 Å². The lowest BCUT2D eigenvalue weighted by atomic mass is 10.2. The lowest BCUT2D eigenvalue weighted by molar-refractivity contribution is 0.750. The van der Waals surface area contributed by atoms with Gasteiger partial charge >= 0.3 is 0 Å². The molecule has 0 spiro atoms. The minimum atomic E-state index is 0.459. The maximum atomic E-state index is 6.25. The van der Waals surface area contributed by atoms with E-state index in [0.717, 1.165) is 15.3 Å². The quantitative estimate of drug-likeness (QED) is 0.663. The lowest BCUT2D eigenvalue weighted by Crippen LogP contribution is -2.17. The number of nitrogen functional groups attached to an aromatic ring is 1. The van der Waals surface area contributed by atoms with Gasteiger partial charge < -0.3 is 16.4 Å². The highest BCUT2D eigenvalue weighted by Crippen LogP contribution is 2.32. The Morgan fingerprint density at radius 2 is 1.96 bits per heavy atom. The van der Waals surface area contributed by atoms with Crippen molar-refractivity contribution in [2.45, 2.75) is 38.6 Å². The average molecular weight is 340 g/mol. The molecule has 2 aromatic heterocycles. The molecule has 24 heavy (non-hydrogen) atoms. The molecule has 0 aliphatic heterocycles. The van der Waals surface area contributed by atoms with Gasteiger partial charge in [0, 0.05) is 6.04 Å². The molecule has 0 unspecified atom stereocenters. The second kappa shape index (κ2) is 6.24. The Morgan fingerprint density at radius 1 is 1.17 bits per heavy atom. The van der Waals surface area contributed by atoms with Crippen LogP contribution in [-0.4, -0.2) is 21.0 Å². The number of hydrogen-bond donors (Lipinski definition) is 3. The van der Waals surface area contributed by atoms with E-state index >= 15 is 0 Å². The Hall–Kier alpha value is -2.41. The summed E-state index contributed by atoms with van der Waals surface area (Å²) in [5, 5.41) is 7.46. The van der Waals surface area contributed by atoms with Crippen LogP contribution in [-0.2, 0) is 0 Å². The molecule has 4 rings (SSSR count). The molecule has 4 N–H and O–H groups in total. The maximum absolute atomic E-state index is 6.25.